The summed E-state index contributed by atoms with van der Waals surface area (Å²) in [6.07, 6.45) is 1.09. The van der Waals surface area contributed by atoms with Gasteiger partial charge in [-0.25, -0.2) is 0 Å². The Kier molecular flexibility index (Phi) is 4.24. The van der Waals surface area contributed by atoms with Crippen molar-refractivity contribution >= 4 is 5.91 Å². The normalized spacial score (nSPS) is 21.9. The molecule has 2 unspecified atom stereocenters. The monoisotopic (exact) mass is 256 g/mol. The second kappa shape index (κ2) is 5.90. The van der Waals surface area contributed by atoms with Crippen LogP contribution in [0.25, 0.3) is 0 Å². The lowest BCUT2D eigenvalue weighted by Gasteiger charge is -2.21. The van der Waals surface area contributed by atoms with Crippen molar-refractivity contribution in [3.8, 4) is 11.8 Å². The average molecular weight is 256 g/mol. The zero-order chi connectivity index (χ0) is 13.8. The predicted octanol–water partition coefficient (Wildman–Crippen LogP) is 1.87. The molecule has 1 fully saturated rings. The summed E-state index contributed by atoms with van der Waals surface area (Å²) in [6, 6.07) is 7.77. The molecule has 2 N–H and O–H groups in total. The molecule has 0 saturated carbocycles. The zero-order valence-electron chi connectivity index (χ0n) is 11.5. The van der Waals surface area contributed by atoms with Crippen molar-refractivity contribution in [1.82, 2.24) is 4.90 Å². The Hall–Kier alpha value is -1.79. The minimum absolute atomic E-state index is 0.121. The first-order valence-electron chi connectivity index (χ1n) is 6.71. The maximum atomic E-state index is 12.4. The van der Waals surface area contributed by atoms with E-state index in [0.29, 0.717) is 18.5 Å². The van der Waals surface area contributed by atoms with Gasteiger partial charge in [-0.05, 0) is 43.5 Å². The first-order valence-corrected chi connectivity index (χ1v) is 6.71. The zero-order valence-corrected chi connectivity index (χ0v) is 11.5. The van der Waals surface area contributed by atoms with Gasteiger partial charge in [0.1, 0.15) is 0 Å². The van der Waals surface area contributed by atoms with E-state index in [2.05, 4.69) is 25.7 Å². The Labute approximate surface area is 114 Å². The summed E-state index contributed by atoms with van der Waals surface area (Å²) in [4.78, 5) is 14.4. The molecular formula is C16H20N2O. The van der Waals surface area contributed by atoms with Crippen LogP contribution in [0, 0.1) is 17.8 Å². The number of hydrogen-bond donors (Lipinski definition) is 1. The van der Waals surface area contributed by atoms with Gasteiger partial charge in [-0.2, -0.15) is 0 Å². The van der Waals surface area contributed by atoms with Gasteiger partial charge in [0.2, 0.25) is 0 Å². The molecule has 0 bridgehead atoms. The summed E-state index contributed by atoms with van der Waals surface area (Å²) in [5.41, 5.74) is 6.96. The van der Waals surface area contributed by atoms with Crippen LogP contribution in [0.3, 0.4) is 0 Å². The Morgan fingerprint density at radius 1 is 1.37 bits per heavy atom. The van der Waals surface area contributed by atoms with Crippen LogP contribution in [0.5, 0.6) is 0 Å². The molecule has 3 nitrogen and oxygen atoms in total. The number of hydrogen-bond acceptors (Lipinski definition) is 2. The molecule has 1 amide bonds. The molecule has 3 heteroatoms. The largest absolute Gasteiger partial charge is 0.336 e. The van der Waals surface area contributed by atoms with Gasteiger partial charge in [0.25, 0.3) is 5.91 Å². The van der Waals surface area contributed by atoms with E-state index in [-0.39, 0.29) is 5.91 Å². The number of likely N-dealkylation sites (tertiary alicyclic amines) is 1. The maximum absolute atomic E-state index is 12.4. The average Bonchev–Trinajstić information content (AvgIpc) is 2.75. The first-order chi connectivity index (χ1) is 9.11. The molecule has 1 aliphatic heterocycles. The molecule has 0 aliphatic carbocycles. The Morgan fingerprint density at radius 2 is 2.05 bits per heavy atom. The van der Waals surface area contributed by atoms with E-state index >= 15 is 0 Å². The van der Waals surface area contributed by atoms with Crippen LogP contribution in [0.4, 0.5) is 0 Å². The summed E-state index contributed by atoms with van der Waals surface area (Å²) < 4.78 is 0. The third-order valence-corrected chi connectivity index (χ3v) is 3.51. The Morgan fingerprint density at radius 3 is 2.58 bits per heavy atom. The summed E-state index contributed by atoms with van der Waals surface area (Å²) >= 11 is 0. The van der Waals surface area contributed by atoms with Crippen molar-refractivity contribution in [3.63, 3.8) is 0 Å². The van der Waals surface area contributed by atoms with Crippen LogP contribution in [0.1, 0.15) is 36.2 Å². The number of rotatable bonds is 1. The van der Waals surface area contributed by atoms with E-state index in [1.165, 1.54) is 0 Å². The van der Waals surface area contributed by atoms with Gasteiger partial charge >= 0.3 is 0 Å². The highest BCUT2D eigenvalue weighted by molar-refractivity contribution is 5.94. The van der Waals surface area contributed by atoms with Crippen molar-refractivity contribution in [2.75, 3.05) is 13.1 Å². The van der Waals surface area contributed by atoms with Gasteiger partial charge in [-0.15, -0.1) is 0 Å². The highest BCUT2D eigenvalue weighted by Crippen LogP contribution is 2.24. The van der Waals surface area contributed by atoms with E-state index in [1.807, 2.05) is 29.2 Å². The van der Waals surface area contributed by atoms with E-state index in [9.17, 15) is 4.79 Å². The van der Waals surface area contributed by atoms with Crippen molar-refractivity contribution in [1.29, 1.82) is 0 Å². The first kappa shape index (κ1) is 13.6. The number of benzene rings is 1. The molecule has 1 aliphatic rings. The standard InChI is InChI=1S/C16H20N2O/c1-12-10-13(2)18(11-12)16(19)15-7-5-14(6-8-15)4-3-9-17/h5-8,12-13H,9-11,17H2,1-2H3. The Bertz CT molecular complexity index is 510. The van der Waals surface area contributed by atoms with Crippen LogP contribution < -0.4 is 5.73 Å². The molecule has 0 radical (unpaired) electrons. The second-order valence-corrected chi connectivity index (χ2v) is 5.23. The highest BCUT2D eigenvalue weighted by atomic mass is 16.2. The van der Waals surface area contributed by atoms with Crippen LogP contribution in [-0.4, -0.2) is 29.9 Å². The Balaban J connectivity index is 2.12. The SMILES string of the molecule is CC1CC(C)N(C(=O)c2ccc(C#CCN)cc2)C1. The van der Waals surface area contributed by atoms with Crippen LogP contribution in [-0.2, 0) is 0 Å². The molecule has 1 heterocycles. The molecule has 19 heavy (non-hydrogen) atoms. The number of amides is 1. The van der Waals surface area contributed by atoms with Gasteiger partial charge < -0.3 is 10.6 Å². The molecule has 2 atom stereocenters. The van der Waals surface area contributed by atoms with E-state index < -0.39 is 0 Å². The summed E-state index contributed by atoms with van der Waals surface area (Å²) in [7, 11) is 0. The van der Waals surface area contributed by atoms with E-state index in [4.69, 9.17) is 5.73 Å². The van der Waals surface area contributed by atoms with E-state index in [1.54, 1.807) is 0 Å². The van der Waals surface area contributed by atoms with Gasteiger partial charge in [-0.3, -0.25) is 4.79 Å². The van der Waals surface area contributed by atoms with E-state index in [0.717, 1.165) is 24.1 Å². The lowest BCUT2D eigenvalue weighted by Crippen LogP contribution is -2.33. The minimum atomic E-state index is 0.121. The second-order valence-electron chi connectivity index (χ2n) is 5.23. The van der Waals surface area contributed by atoms with Crippen LogP contribution in [0.2, 0.25) is 0 Å². The molecule has 1 aromatic rings. The molecule has 1 aromatic carbocycles. The topological polar surface area (TPSA) is 46.3 Å². The fraction of sp³-hybridized carbons (Fsp3) is 0.438. The van der Waals surface area contributed by atoms with Crippen LogP contribution >= 0.6 is 0 Å². The van der Waals surface area contributed by atoms with Crippen molar-refractivity contribution in [2.24, 2.45) is 11.7 Å². The number of carbonyl (C=O) groups is 1. The number of nitrogens with zero attached hydrogens (tertiary/aromatic N) is 1. The molecule has 100 valence electrons. The fourth-order valence-electron chi connectivity index (χ4n) is 2.60. The molecule has 1 saturated heterocycles. The summed E-state index contributed by atoms with van der Waals surface area (Å²) in [6.45, 7) is 5.51. The summed E-state index contributed by atoms with van der Waals surface area (Å²) in [5.74, 6) is 6.47. The fourth-order valence-corrected chi connectivity index (χ4v) is 2.60. The van der Waals surface area contributed by atoms with Crippen molar-refractivity contribution in [2.45, 2.75) is 26.3 Å². The molecule has 0 spiro atoms. The lowest BCUT2D eigenvalue weighted by atomic mass is 10.1. The highest BCUT2D eigenvalue weighted by Gasteiger charge is 2.30. The lowest BCUT2D eigenvalue weighted by molar-refractivity contribution is 0.0744. The number of nitrogens with two attached hydrogens (primary N) is 1. The quantitative estimate of drug-likeness (QED) is 0.780. The van der Waals surface area contributed by atoms with Gasteiger partial charge in [-0.1, -0.05) is 18.8 Å². The third kappa shape index (κ3) is 3.15. The van der Waals surface area contributed by atoms with Crippen molar-refractivity contribution < 1.29 is 4.79 Å². The predicted molar refractivity (Wildman–Crippen MR) is 76.7 cm³/mol. The van der Waals surface area contributed by atoms with Gasteiger partial charge in [0, 0.05) is 23.7 Å². The number of carbonyl (C=O) groups excluding carboxylic acids is 1. The summed E-state index contributed by atoms with van der Waals surface area (Å²) in [5, 5.41) is 0. The van der Waals surface area contributed by atoms with Crippen LogP contribution in [0.15, 0.2) is 24.3 Å². The molecular weight excluding hydrogens is 236 g/mol. The third-order valence-electron chi connectivity index (χ3n) is 3.51. The molecule has 0 aromatic heterocycles. The van der Waals surface area contributed by atoms with Crippen molar-refractivity contribution in [3.05, 3.63) is 35.4 Å². The maximum Gasteiger partial charge on any atom is 0.254 e. The molecule has 2 rings (SSSR count). The smallest absolute Gasteiger partial charge is 0.254 e. The van der Waals surface area contributed by atoms with Gasteiger partial charge in [0.15, 0.2) is 0 Å². The van der Waals surface area contributed by atoms with Gasteiger partial charge in [0.05, 0.1) is 6.54 Å². The minimum Gasteiger partial charge on any atom is -0.336 e.